The average Bonchev–Trinajstić information content (AvgIpc) is 3.27. The molecule has 1 atom stereocenters. The number of urea groups is 1. The number of amides is 3. The highest BCUT2D eigenvalue weighted by molar-refractivity contribution is 7.99. The minimum Gasteiger partial charge on any atom is -0.444 e. The second-order valence-electron chi connectivity index (χ2n) is 5.72. The van der Waals surface area contributed by atoms with Crippen LogP contribution in [0.3, 0.4) is 0 Å². The van der Waals surface area contributed by atoms with Crippen LogP contribution >= 0.6 is 11.8 Å². The normalized spacial score (nSPS) is 23.7. The molecule has 2 aliphatic rings. The summed E-state index contributed by atoms with van der Waals surface area (Å²) in [5.74, 6) is 1.86. The van der Waals surface area contributed by atoms with E-state index >= 15 is 0 Å². The first-order chi connectivity index (χ1) is 11.2. The van der Waals surface area contributed by atoms with Crippen LogP contribution in [-0.4, -0.2) is 38.9 Å². The third kappa shape index (κ3) is 2.41. The summed E-state index contributed by atoms with van der Waals surface area (Å²) in [7, 11) is 0. The minimum atomic E-state index is -0.715. The van der Waals surface area contributed by atoms with E-state index in [4.69, 9.17) is 4.42 Å². The molecule has 0 saturated carbocycles. The van der Waals surface area contributed by atoms with Crippen molar-refractivity contribution in [2.45, 2.75) is 18.5 Å². The van der Waals surface area contributed by atoms with Crippen LogP contribution in [0.15, 0.2) is 41.0 Å². The van der Waals surface area contributed by atoms with Crippen LogP contribution in [0.1, 0.15) is 12.1 Å². The Hall–Kier alpha value is -2.28. The SMILES string of the molecule is O=C1N[C@]2(CCSC2)C(=O)N1Cc1coc(-c2ccccc2)n1. The molecule has 2 fully saturated rings. The lowest BCUT2D eigenvalue weighted by Gasteiger charge is -2.18. The van der Waals surface area contributed by atoms with Gasteiger partial charge in [0.15, 0.2) is 0 Å². The van der Waals surface area contributed by atoms with Crippen LogP contribution in [0, 0.1) is 0 Å². The first-order valence-corrected chi connectivity index (χ1v) is 8.55. The smallest absolute Gasteiger partial charge is 0.325 e. The molecule has 3 amide bonds. The van der Waals surface area contributed by atoms with Crippen LogP contribution in [0.2, 0.25) is 0 Å². The number of hydrogen-bond acceptors (Lipinski definition) is 5. The molecule has 2 saturated heterocycles. The largest absolute Gasteiger partial charge is 0.444 e. The summed E-state index contributed by atoms with van der Waals surface area (Å²) in [5, 5.41) is 2.85. The molecular formula is C16H15N3O3S. The summed E-state index contributed by atoms with van der Waals surface area (Å²) in [5.41, 5.74) is 0.711. The summed E-state index contributed by atoms with van der Waals surface area (Å²) < 4.78 is 5.46. The first kappa shape index (κ1) is 14.3. The summed E-state index contributed by atoms with van der Waals surface area (Å²) >= 11 is 1.69. The Morgan fingerprint density at radius 3 is 2.87 bits per heavy atom. The van der Waals surface area contributed by atoms with Gasteiger partial charge in [0.05, 0.1) is 12.2 Å². The van der Waals surface area contributed by atoms with Gasteiger partial charge in [-0.15, -0.1) is 0 Å². The highest BCUT2D eigenvalue weighted by Crippen LogP contribution is 2.34. The molecule has 2 aromatic rings. The second kappa shape index (κ2) is 5.42. The van der Waals surface area contributed by atoms with E-state index in [1.807, 2.05) is 30.3 Å². The van der Waals surface area contributed by atoms with E-state index in [2.05, 4.69) is 10.3 Å². The Morgan fingerprint density at radius 1 is 1.30 bits per heavy atom. The van der Waals surface area contributed by atoms with Gasteiger partial charge in [-0.3, -0.25) is 9.69 Å². The van der Waals surface area contributed by atoms with Crippen molar-refractivity contribution in [3.63, 3.8) is 0 Å². The lowest BCUT2D eigenvalue weighted by molar-refractivity contribution is -0.130. The van der Waals surface area contributed by atoms with Crippen molar-refractivity contribution in [2.24, 2.45) is 0 Å². The summed E-state index contributed by atoms with van der Waals surface area (Å²) in [6.07, 6.45) is 2.18. The van der Waals surface area contributed by atoms with Crippen molar-refractivity contribution in [3.05, 3.63) is 42.3 Å². The van der Waals surface area contributed by atoms with Gasteiger partial charge >= 0.3 is 6.03 Å². The van der Waals surface area contributed by atoms with Crippen LogP contribution in [-0.2, 0) is 11.3 Å². The number of thioether (sulfide) groups is 1. The van der Waals surface area contributed by atoms with Crippen molar-refractivity contribution in [2.75, 3.05) is 11.5 Å². The Bertz CT molecular complexity index is 753. The van der Waals surface area contributed by atoms with E-state index < -0.39 is 5.54 Å². The van der Waals surface area contributed by atoms with Crippen LogP contribution in [0.5, 0.6) is 0 Å². The predicted octanol–water partition coefficient (Wildman–Crippen LogP) is 2.27. The molecule has 6 nitrogen and oxygen atoms in total. The lowest BCUT2D eigenvalue weighted by Crippen LogP contribution is -2.46. The lowest BCUT2D eigenvalue weighted by atomic mass is 9.99. The maximum atomic E-state index is 12.6. The van der Waals surface area contributed by atoms with Crippen molar-refractivity contribution >= 4 is 23.7 Å². The molecule has 2 aliphatic heterocycles. The number of hydrogen-bond donors (Lipinski definition) is 1. The molecule has 0 radical (unpaired) electrons. The van der Waals surface area contributed by atoms with Crippen molar-refractivity contribution in [3.8, 4) is 11.5 Å². The van der Waals surface area contributed by atoms with E-state index in [1.165, 1.54) is 11.2 Å². The van der Waals surface area contributed by atoms with Gasteiger partial charge in [-0.25, -0.2) is 9.78 Å². The van der Waals surface area contributed by atoms with Crippen LogP contribution < -0.4 is 5.32 Å². The van der Waals surface area contributed by atoms with Gasteiger partial charge in [0.25, 0.3) is 5.91 Å². The van der Waals surface area contributed by atoms with Crippen molar-refractivity contribution < 1.29 is 14.0 Å². The molecule has 1 aromatic heterocycles. The number of carbonyl (C=O) groups is 2. The molecule has 0 aliphatic carbocycles. The zero-order chi connectivity index (χ0) is 15.9. The van der Waals surface area contributed by atoms with Gasteiger partial charge in [-0.1, -0.05) is 18.2 Å². The Balaban J connectivity index is 1.54. The van der Waals surface area contributed by atoms with Gasteiger partial charge in [0, 0.05) is 11.3 Å². The van der Waals surface area contributed by atoms with Crippen molar-refractivity contribution in [1.29, 1.82) is 0 Å². The van der Waals surface area contributed by atoms with Gasteiger partial charge in [-0.2, -0.15) is 11.8 Å². The summed E-state index contributed by atoms with van der Waals surface area (Å²) in [6.45, 7) is 0.132. The fraction of sp³-hybridized carbons (Fsp3) is 0.312. The molecule has 1 N–H and O–H groups in total. The zero-order valence-corrected chi connectivity index (χ0v) is 13.1. The molecule has 0 unspecified atom stereocenters. The molecule has 118 valence electrons. The van der Waals surface area contributed by atoms with E-state index in [0.29, 0.717) is 23.8 Å². The fourth-order valence-electron chi connectivity index (χ4n) is 2.91. The number of aromatic nitrogens is 1. The fourth-order valence-corrected chi connectivity index (χ4v) is 4.23. The van der Waals surface area contributed by atoms with E-state index in [-0.39, 0.29) is 18.5 Å². The maximum absolute atomic E-state index is 12.6. The van der Waals surface area contributed by atoms with E-state index in [9.17, 15) is 9.59 Å². The molecule has 0 bridgehead atoms. The maximum Gasteiger partial charge on any atom is 0.325 e. The third-order valence-corrected chi connectivity index (χ3v) is 5.35. The molecule has 1 aromatic carbocycles. The van der Waals surface area contributed by atoms with Gasteiger partial charge in [0.2, 0.25) is 5.89 Å². The standard InChI is InChI=1S/C16H15N3O3S/c20-14-16(6-7-23-10-16)18-15(21)19(14)8-12-9-22-13(17-12)11-4-2-1-3-5-11/h1-5,9H,6-8,10H2,(H,18,21)/t16-/m0/s1. The Morgan fingerprint density at radius 2 is 2.13 bits per heavy atom. The summed E-state index contributed by atoms with van der Waals surface area (Å²) in [6, 6.07) is 9.17. The Labute approximate surface area is 137 Å². The highest BCUT2D eigenvalue weighted by atomic mass is 32.2. The Kier molecular flexibility index (Phi) is 3.37. The molecule has 4 rings (SSSR count). The molecule has 3 heterocycles. The quantitative estimate of drug-likeness (QED) is 0.874. The average molecular weight is 329 g/mol. The molecule has 23 heavy (non-hydrogen) atoms. The number of nitrogens with zero attached hydrogens (tertiary/aromatic N) is 2. The van der Waals surface area contributed by atoms with Gasteiger partial charge < -0.3 is 9.73 Å². The first-order valence-electron chi connectivity index (χ1n) is 7.40. The van der Waals surface area contributed by atoms with Crippen molar-refractivity contribution in [1.82, 2.24) is 15.2 Å². The number of imide groups is 1. The zero-order valence-electron chi connectivity index (χ0n) is 12.3. The molecule has 1 spiro atoms. The topological polar surface area (TPSA) is 75.4 Å². The molecule has 7 heteroatoms. The van der Waals surface area contributed by atoms with Gasteiger partial charge in [-0.05, 0) is 24.3 Å². The third-order valence-electron chi connectivity index (χ3n) is 4.16. The number of oxazole rings is 1. The minimum absolute atomic E-state index is 0.132. The van der Waals surface area contributed by atoms with E-state index in [1.54, 1.807) is 11.8 Å². The van der Waals surface area contributed by atoms with Gasteiger partial charge in [0.1, 0.15) is 11.8 Å². The number of carbonyl (C=O) groups excluding carboxylic acids is 2. The predicted molar refractivity (Wildman–Crippen MR) is 85.7 cm³/mol. The van der Waals surface area contributed by atoms with E-state index in [0.717, 1.165) is 11.3 Å². The number of rotatable bonds is 3. The number of benzene rings is 1. The van der Waals surface area contributed by atoms with Crippen LogP contribution in [0.4, 0.5) is 4.79 Å². The summed E-state index contributed by atoms with van der Waals surface area (Å²) in [4.78, 5) is 30.4. The monoisotopic (exact) mass is 329 g/mol. The number of nitrogens with one attached hydrogen (secondary N) is 1. The van der Waals surface area contributed by atoms with Crippen LogP contribution in [0.25, 0.3) is 11.5 Å². The molecular weight excluding hydrogens is 314 g/mol. The highest BCUT2D eigenvalue weighted by Gasteiger charge is 2.52. The second-order valence-corrected chi connectivity index (χ2v) is 6.82.